The van der Waals surface area contributed by atoms with Crippen LogP contribution in [0, 0.1) is 11.3 Å². The van der Waals surface area contributed by atoms with Gasteiger partial charge in [0.05, 0.1) is 12.2 Å². The summed E-state index contributed by atoms with van der Waals surface area (Å²) in [5.41, 5.74) is 2.17. The molecule has 0 bridgehead atoms. The quantitative estimate of drug-likeness (QED) is 0.611. The molecule has 1 N–H and O–H groups in total. The highest BCUT2D eigenvalue weighted by Crippen LogP contribution is 1.92. The van der Waals surface area contributed by atoms with Crippen molar-refractivity contribution in [1.29, 1.82) is 5.26 Å². The van der Waals surface area contributed by atoms with Crippen LogP contribution in [0.25, 0.3) is 0 Å². The van der Waals surface area contributed by atoms with Crippen LogP contribution >= 0.6 is 0 Å². The lowest BCUT2D eigenvalue weighted by atomic mass is 10.3. The molecule has 1 atom stereocenters. The van der Waals surface area contributed by atoms with Crippen LogP contribution in [0.2, 0.25) is 0 Å². The zero-order chi connectivity index (χ0) is 8.69. The first kappa shape index (κ1) is 9.92. The Balaban J connectivity index is 3.39. The molecule has 0 rings (SSSR count). The second-order valence-corrected chi connectivity index (χ2v) is 2.20. The molecular formula is C7H12N2O2. The number of amides is 1. The fraction of sp³-hybridized carbons (Fsp3) is 0.714. The highest BCUT2D eigenvalue weighted by Gasteiger charge is 2.02. The summed E-state index contributed by atoms with van der Waals surface area (Å²) in [5, 5.41) is 8.09. The summed E-state index contributed by atoms with van der Waals surface area (Å²) in [6.07, 6.45) is 0.668. The van der Waals surface area contributed by atoms with Gasteiger partial charge in [0.25, 0.3) is 5.91 Å². The first-order valence-electron chi connectivity index (χ1n) is 3.52. The Kier molecular flexibility index (Phi) is 5.13. The summed E-state index contributed by atoms with van der Waals surface area (Å²) in [6.45, 7) is 3.79. The standard InChI is InChI=1S/C7H12N2O2/c1-3-6(2)11-9-7(10)4-5-8/h6H,3-4H2,1-2H3,(H,9,10). The Morgan fingerprint density at radius 3 is 2.91 bits per heavy atom. The van der Waals surface area contributed by atoms with Gasteiger partial charge < -0.3 is 0 Å². The molecule has 0 heterocycles. The highest BCUT2D eigenvalue weighted by molar-refractivity contribution is 5.76. The topological polar surface area (TPSA) is 62.1 Å². The van der Waals surface area contributed by atoms with E-state index < -0.39 is 5.91 Å². The molecule has 1 amide bonds. The Bertz CT molecular complexity index is 162. The van der Waals surface area contributed by atoms with Gasteiger partial charge in [0.1, 0.15) is 6.42 Å². The first-order valence-corrected chi connectivity index (χ1v) is 3.52. The zero-order valence-corrected chi connectivity index (χ0v) is 6.76. The molecule has 11 heavy (non-hydrogen) atoms. The molecule has 0 aliphatic carbocycles. The van der Waals surface area contributed by atoms with Crippen molar-refractivity contribution < 1.29 is 9.63 Å². The number of nitrogens with zero attached hydrogens (tertiary/aromatic N) is 1. The number of carbonyl (C=O) groups excluding carboxylic acids is 1. The number of rotatable bonds is 4. The zero-order valence-electron chi connectivity index (χ0n) is 6.76. The van der Waals surface area contributed by atoms with Crippen molar-refractivity contribution in [1.82, 2.24) is 5.48 Å². The monoisotopic (exact) mass is 156 g/mol. The minimum Gasteiger partial charge on any atom is -0.272 e. The summed E-state index contributed by atoms with van der Waals surface area (Å²) in [6, 6.07) is 1.72. The molecule has 4 nitrogen and oxygen atoms in total. The molecule has 1 unspecified atom stereocenters. The average Bonchev–Trinajstić information content (AvgIpc) is 2.01. The lowest BCUT2D eigenvalue weighted by molar-refractivity contribution is -0.136. The number of hydrogen-bond donors (Lipinski definition) is 1. The van der Waals surface area contributed by atoms with E-state index in [9.17, 15) is 4.79 Å². The maximum absolute atomic E-state index is 10.6. The molecule has 0 aliphatic rings. The van der Waals surface area contributed by atoms with Gasteiger partial charge in [0.15, 0.2) is 0 Å². The summed E-state index contributed by atoms with van der Waals surface area (Å²) in [5.74, 6) is -0.396. The Morgan fingerprint density at radius 2 is 2.45 bits per heavy atom. The molecule has 0 saturated heterocycles. The lowest BCUT2D eigenvalue weighted by Crippen LogP contribution is -2.27. The number of nitrogens with one attached hydrogen (secondary N) is 1. The maximum Gasteiger partial charge on any atom is 0.257 e. The van der Waals surface area contributed by atoms with Gasteiger partial charge in [0, 0.05) is 0 Å². The van der Waals surface area contributed by atoms with Crippen LogP contribution in [0.4, 0.5) is 0 Å². The second-order valence-electron chi connectivity index (χ2n) is 2.20. The Labute approximate surface area is 66.1 Å². The fourth-order valence-corrected chi connectivity index (χ4v) is 0.358. The van der Waals surface area contributed by atoms with Crippen LogP contribution in [0.15, 0.2) is 0 Å². The molecule has 0 fully saturated rings. The minimum atomic E-state index is -0.396. The van der Waals surface area contributed by atoms with Crippen molar-refractivity contribution in [2.45, 2.75) is 32.8 Å². The van der Waals surface area contributed by atoms with Crippen molar-refractivity contribution in [3.63, 3.8) is 0 Å². The SMILES string of the molecule is CCC(C)ONC(=O)CC#N. The highest BCUT2D eigenvalue weighted by atomic mass is 16.7. The van der Waals surface area contributed by atoms with Crippen molar-refractivity contribution in [2.24, 2.45) is 0 Å². The Morgan fingerprint density at radius 1 is 1.82 bits per heavy atom. The molecule has 0 radical (unpaired) electrons. The van der Waals surface area contributed by atoms with Crippen molar-refractivity contribution in [3.8, 4) is 6.07 Å². The van der Waals surface area contributed by atoms with Gasteiger partial charge in [-0.2, -0.15) is 5.26 Å². The van der Waals surface area contributed by atoms with Crippen LogP contribution in [-0.4, -0.2) is 12.0 Å². The van der Waals surface area contributed by atoms with Gasteiger partial charge in [0.2, 0.25) is 0 Å². The van der Waals surface area contributed by atoms with E-state index in [0.717, 1.165) is 6.42 Å². The van der Waals surface area contributed by atoms with E-state index in [1.165, 1.54) is 0 Å². The normalized spacial score (nSPS) is 11.7. The van der Waals surface area contributed by atoms with Crippen molar-refractivity contribution >= 4 is 5.91 Å². The van der Waals surface area contributed by atoms with Crippen LogP contribution < -0.4 is 5.48 Å². The van der Waals surface area contributed by atoms with E-state index in [1.807, 2.05) is 13.8 Å². The molecule has 0 aliphatic heterocycles. The van der Waals surface area contributed by atoms with E-state index in [0.29, 0.717) is 0 Å². The van der Waals surface area contributed by atoms with Gasteiger partial charge in [-0.05, 0) is 13.3 Å². The smallest absolute Gasteiger partial charge is 0.257 e. The summed E-state index contributed by atoms with van der Waals surface area (Å²) in [4.78, 5) is 15.5. The van der Waals surface area contributed by atoms with Crippen LogP contribution in [-0.2, 0) is 9.63 Å². The molecular weight excluding hydrogens is 144 g/mol. The third-order valence-corrected chi connectivity index (χ3v) is 1.19. The number of hydroxylamine groups is 1. The largest absolute Gasteiger partial charge is 0.272 e. The first-order chi connectivity index (χ1) is 5.20. The van der Waals surface area contributed by atoms with E-state index in [-0.39, 0.29) is 12.5 Å². The van der Waals surface area contributed by atoms with Crippen molar-refractivity contribution in [3.05, 3.63) is 0 Å². The molecule has 62 valence electrons. The molecule has 0 spiro atoms. The maximum atomic E-state index is 10.6. The third kappa shape index (κ3) is 5.37. The Hall–Kier alpha value is -1.08. The van der Waals surface area contributed by atoms with Crippen LogP contribution in [0.1, 0.15) is 26.7 Å². The molecule has 4 heteroatoms. The average molecular weight is 156 g/mol. The molecule has 0 aromatic carbocycles. The number of carbonyl (C=O) groups is 1. The number of hydrogen-bond acceptors (Lipinski definition) is 3. The van der Waals surface area contributed by atoms with Crippen molar-refractivity contribution in [2.75, 3.05) is 0 Å². The van der Waals surface area contributed by atoms with Crippen LogP contribution in [0.3, 0.4) is 0 Å². The molecule has 0 aromatic rings. The summed E-state index contributed by atoms with van der Waals surface area (Å²) in [7, 11) is 0. The van der Waals surface area contributed by atoms with E-state index in [4.69, 9.17) is 10.1 Å². The van der Waals surface area contributed by atoms with Gasteiger partial charge >= 0.3 is 0 Å². The van der Waals surface area contributed by atoms with Crippen LogP contribution in [0.5, 0.6) is 0 Å². The second kappa shape index (κ2) is 5.69. The predicted molar refractivity (Wildman–Crippen MR) is 39.2 cm³/mol. The van der Waals surface area contributed by atoms with Gasteiger partial charge in [-0.15, -0.1) is 0 Å². The summed E-state index contributed by atoms with van der Waals surface area (Å²) >= 11 is 0. The third-order valence-electron chi connectivity index (χ3n) is 1.19. The van der Waals surface area contributed by atoms with E-state index in [1.54, 1.807) is 6.07 Å². The van der Waals surface area contributed by atoms with E-state index >= 15 is 0 Å². The number of nitriles is 1. The van der Waals surface area contributed by atoms with Gasteiger partial charge in [-0.3, -0.25) is 9.63 Å². The summed E-state index contributed by atoms with van der Waals surface area (Å²) < 4.78 is 0. The molecule has 0 saturated carbocycles. The lowest BCUT2D eigenvalue weighted by Gasteiger charge is -2.08. The minimum absolute atomic E-state index is 0.00218. The molecule has 0 aromatic heterocycles. The van der Waals surface area contributed by atoms with E-state index in [2.05, 4.69) is 5.48 Å². The van der Waals surface area contributed by atoms with Gasteiger partial charge in [-0.25, -0.2) is 5.48 Å². The van der Waals surface area contributed by atoms with Gasteiger partial charge in [-0.1, -0.05) is 6.92 Å². The fourth-order valence-electron chi connectivity index (χ4n) is 0.358. The predicted octanol–water partition coefficient (Wildman–Crippen LogP) is 0.746.